The van der Waals surface area contributed by atoms with Crippen molar-refractivity contribution < 1.29 is 0 Å². The van der Waals surface area contributed by atoms with E-state index in [2.05, 4.69) is 55.3 Å². The molecule has 0 bridgehead atoms. The van der Waals surface area contributed by atoms with Crippen molar-refractivity contribution in [3.63, 3.8) is 0 Å². The van der Waals surface area contributed by atoms with Gasteiger partial charge >= 0.3 is 0 Å². The smallest absolute Gasteiger partial charge is 0.204 e. The van der Waals surface area contributed by atoms with E-state index < -0.39 is 0 Å². The van der Waals surface area contributed by atoms with Crippen LogP contribution in [0.4, 0.5) is 5.95 Å². The Hall–Kier alpha value is -3.09. The summed E-state index contributed by atoms with van der Waals surface area (Å²) in [5.74, 6) is 0.931. The zero-order valence-corrected chi connectivity index (χ0v) is 14.3. The fourth-order valence-electron chi connectivity index (χ4n) is 3.81. The minimum absolute atomic E-state index is 0.575. The minimum Gasteiger partial charge on any atom is -0.372 e. The fourth-order valence-corrected chi connectivity index (χ4v) is 3.81. The molecule has 3 aromatic rings. The summed E-state index contributed by atoms with van der Waals surface area (Å²) in [4.78, 5) is 9.37. The third kappa shape index (κ3) is 2.09. The molecule has 0 atom stereocenters. The molecule has 2 aromatic heterocycles. The minimum atomic E-state index is 0.575. The normalized spacial score (nSPS) is 17.5. The first-order chi connectivity index (χ1) is 12.9. The first kappa shape index (κ1) is 14.1. The van der Waals surface area contributed by atoms with Gasteiger partial charge in [-0.1, -0.05) is 6.07 Å². The largest absolute Gasteiger partial charge is 0.372 e. The SMILES string of the molecule is C1=c2cc(-c3c(-c4ccn(C5CC5)n4)nc4n3CCN4)ccc2=NCN1. The van der Waals surface area contributed by atoms with Gasteiger partial charge < -0.3 is 15.2 Å². The van der Waals surface area contributed by atoms with Crippen molar-refractivity contribution in [3.05, 3.63) is 41.0 Å². The van der Waals surface area contributed by atoms with Gasteiger partial charge in [0.05, 0.1) is 17.1 Å². The van der Waals surface area contributed by atoms with Crippen molar-refractivity contribution in [3.8, 4) is 22.6 Å². The molecule has 2 aliphatic heterocycles. The molecule has 130 valence electrons. The van der Waals surface area contributed by atoms with Crippen LogP contribution in [-0.4, -0.2) is 32.5 Å². The Labute approximate surface area is 150 Å². The van der Waals surface area contributed by atoms with Gasteiger partial charge in [-0.05, 0) is 31.0 Å². The fraction of sp³-hybridized carbons (Fsp3) is 0.316. The topological polar surface area (TPSA) is 72.1 Å². The van der Waals surface area contributed by atoms with Crippen LogP contribution in [-0.2, 0) is 6.54 Å². The summed E-state index contributed by atoms with van der Waals surface area (Å²) in [6, 6.07) is 9.09. The van der Waals surface area contributed by atoms with E-state index in [1.54, 1.807) is 0 Å². The first-order valence-electron chi connectivity index (χ1n) is 9.15. The Balaban J connectivity index is 1.55. The maximum atomic E-state index is 4.87. The molecular weight excluding hydrogens is 326 g/mol. The molecule has 4 heterocycles. The van der Waals surface area contributed by atoms with Gasteiger partial charge in [0.15, 0.2) is 0 Å². The molecule has 0 unspecified atom stereocenters. The number of anilines is 1. The lowest BCUT2D eigenvalue weighted by Gasteiger charge is -2.09. The number of nitrogens with one attached hydrogen (secondary N) is 2. The lowest BCUT2D eigenvalue weighted by Crippen LogP contribution is -2.33. The monoisotopic (exact) mass is 345 g/mol. The van der Waals surface area contributed by atoms with E-state index in [4.69, 9.17) is 10.1 Å². The number of hydrogen-bond donors (Lipinski definition) is 2. The summed E-state index contributed by atoms with van der Waals surface area (Å²) in [6.45, 7) is 2.48. The van der Waals surface area contributed by atoms with Gasteiger partial charge in [-0.25, -0.2) is 4.98 Å². The highest BCUT2D eigenvalue weighted by Gasteiger charge is 2.27. The van der Waals surface area contributed by atoms with Gasteiger partial charge in [0.1, 0.15) is 18.1 Å². The summed E-state index contributed by atoms with van der Waals surface area (Å²) >= 11 is 0. The third-order valence-electron chi connectivity index (χ3n) is 5.26. The molecular formula is C19H19N7. The standard InChI is InChI=1S/C19H19N7/c1-4-15-13(10-20-11-22-15)9-12(1)18-17(23-19-21-6-8-25(18)19)16-5-7-26(24-16)14-2-3-14/h1,4-5,7,9-10,14,20H,2-3,6,8,11H2,(H,21,23). The van der Waals surface area contributed by atoms with Crippen molar-refractivity contribution in [2.45, 2.75) is 25.4 Å². The van der Waals surface area contributed by atoms with Gasteiger partial charge in [-0.3, -0.25) is 9.67 Å². The Morgan fingerprint density at radius 3 is 3.04 bits per heavy atom. The van der Waals surface area contributed by atoms with Crippen molar-refractivity contribution in [1.29, 1.82) is 0 Å². The van der Waals surface area contributed by atoms with E-state index in [-0.39, 0.29) is 0 Å². The van der Waals surface area contributed by atoms with Crippen LogP contribution in [0, 0.1) is 0 Å². The molecule has 0 saturated heterocycles. The Kier molecular flexibility index (Phi) is 2.83. The number of aromatic nitrogens is 4. The number of nitrogens with zero attached hydrogens (tertiary/aromatic N) is 5. The second-order valence-electron chi connectivity index (χ2n) is 7.06. The maximum absolute atomic E-state index is 4.87. The zero-order chi connectivity index (χ0) is 17.1. The van der Waals surface area contributed by atoms with E-state index in [9.17, 15) is 0 Å². The van der Waals surface area contributed by atoms with E-state index in [0.29, 0.717) is 12.7 Å². The molecule has 0 amide bonds. The van der Waals surface area contributed by atoms with E-state index in [1.165, 1.54) is 12.8 Å². The lowest BCUT2D eigenvalue weighted by molar-refractivity contribution is 0.643. The Bertz CT molecular complexity index is 1130. The molecule has 1 saturated carbocycles. The molecule has 1 aromatic carbocycles. The van der Waals surface area contributed by atoms with E-state index in [0.717, 1.165) is 52.3 Å². The molecule has 1 aliphatic carbocycles. The van der Waals surface area contributed by atoms with Crippen LogP contribution in [0.5, 0.6) is 0 Å². The van der Waals surface area contributed by atoms with E-state index >= 15 is 0 Å². The summed E-state index contributed by atoms with van der Waals surface area (Å²) in [5.41, 5.74) is 4.18. The highest BCUT2D eigenvalue weighted by atomic mass is 15.3. The molecule has 1 fully saturated rings. The molecule has 0 radical (unpaired) electrons. The molecule has 0 spiro atoms. The lowest BCUT2D eigenvalue weighted by atomic mass is 10.1. The average Bonchev–Trinajstić information content (AvgIpc) is 3.08. The Morgan fingerprint density at radius 1 is 1.15 bits per heavy atom. The van der Waals surface area contributed by atoms with Crippen LogP contribution in [0.2, 0.25) is 0 Å². The van der Waals surface area contributed by atoms with Gasteiger partial charge in [0.25, 0.3) is 0 Å². The predicted octanol–water partition coefficient (Wildman–Crippen LogP) is 1.09. The summed E-state index contributed by atoms with van der Waals surface area (Å²) in [6.07, 6.45) is 6.57. The number of imidazole rings is 1. The molecule has 2 N–H and O–H groups in total. The molecule has 6 rings (SSSR count). The first-order valence-corrected chi connectivity index (χ1v) is 9.15. The third-order valence-corrected chi connectivity index (χ3v) is 5.26. The van der Waals surface area contributed by atoms with Crippen molar-refractivity contribution >= 4 is 12.1 Å². The van der Waals surface area contributed by atoms with Crippen LogP contribution >= 0.6 is 0 Å². The van der Waals surface area contributed by atoms with Gasteiger partial charge in [-0.2, -0.15) is 5.10 Å². The summed E-state index contributed by atoms with van der Waals surface area (Å²) in [7, 11) is 0. The number of fused-ring (bicyclic) bond motifs is 2. The average molecular weight is 345 g/mol. The second kappa shape index (κ2) is 5.20. The van der Waals surface area contributed by atoms with Gasteiger partial charge in [-0.15, -0.1) is 0 Å². The van der Waals surface area contributed by atoms with Crippen LogP contribution in [0.3, 0.4) is 0 Å². The van der Waals surface area contributed by atoms with Crippen molar-refractivity contribution in [2.24, 2.45) is 4.99 Å². The number of hydrogen-bond acceptors (Lipinski definition) is 5. The Morgan fingerprint density at radius 2 is 2.12 bits per heavy atom. The van der Waals surface area contributed by atoms with Crippen molar-refractivity contribution in [2.75, 3.05) is 18.5 Å². The number of benzene rings is 1. The number of rotatable bonds is 3. The van der Waals surface area contributed by atoms with Gasteiger partial charge in [0.2, 0.25) is 5.95 Å². The highest BCUT2D eigenvalue weighted by Crippen LogP contribution is 2.37. The van der Waals surface area contributed by atoms with E-state index in [1.807, 2.05) is 6.20 Å². The maximum Gasteiger partial charge on any atom is 0.204 e. The summed E-state index contributed by atoms with van der Waals surface area (Å²) in [5, 5.41) is 13.5. The van der Waals surface area contributed by atoms with Crippen LogP contribution in [0.1, 0.15) is 18.9 Å². The molecule has 7 heteroatoms. The predicted molar refractivity (Wildman–Crippen MR) is 98.9 cm³/mol. The van der Waals surface area contributed by atoms with Crippen LogP contribution in [0.15, 0.2) is 35.5 Å². The van der Waals surface area contributed by atoms with Crippen LogP contribution in [0.25, 0.3) is 28.8 Å². The highest BCUT2D eigenvalue weighted by molar-refractivity contribution is 5.79. The van der Waals surface area contributed by atoms with Gasteiger partial charge in [0, 0.05) is 36.3 Å². The summed E-state index contributed by atoms with van der Waals surface area (Å²) < 4.78 is 4.35. The van der Waals surface area contributed by atoms with Crippen LogP contribution < -0.4 is 21.2 Å². The zero-order valence-electron chi connectivity index (χ0n) is 14.3. The van der Waals surface area contributed by atoms with Crippen molar-refractivity contribution in [1.82, 2.24) is 24.6 Å². The quantitative estimate of drug-likeness (QED) is 0.745. The molecule has 7 nitrogen and oxygen atoms in total. The molecule has 3 aliphatic rings. The second-order valence-corrected chi connectivity index (χ2v) is 7.06. The molecule has 26 heavy (non-hydrogen) atoms.